The fourth-order valence-corrected chi connectivity index (χ4v) is 3.05. The lowest BCUT2D eigenvalue weighted by atomic mass is 9.87. The molecular formula is C16H15BrN2O. The predicted molar refractivity (Wildman–Crippen MR) is 81.5 cm³/mol. The summed E-state index contributed by atoms with van der Waals surface area (Å²) in [6, 6.07) is 10.2. The van der Waals surface area contributed by atoms with E-state index in [1.807, 2.05) is 6.07 Å². The molecule has 0 fully saturated rings. The minimum Gasteiger partial charge on any atom is -0.345 e. The number of carbonyl (C=O) groups excluding carboxylic acids is 1. The number of hydrogen-bond acceptors (Lipinski definition) is 2. The van der Waals surface area contributed by atoms with Gasteiger partial charge in [0.2, 0.25) is 0 Å². The van der Waals surface area contributed by atoms with Gasteiger partial charge in [0.15, 0.2) is 0 Å². The molecule has 2 aromatic rings. The molecule has 1 atom stereocenters. The van der Waals surface area contributed by atoms with Crippen LogP contribution in [0.3, 0.4) is 0 Å². The quantitative estimate of drug-likeness (QED) is 0.913. The van der Waals surface area contributed by atoms with Gasteiger partial charge in [-0.1, -0.05) is 24.3 Å². The van der Waals surface area contributed by atoms with Crippen LogP contribution in [0, 0.1) is 0 Å². The van der Waals surface area contributed by atoms with Crippen LogP contribution in [0.1, 0.15) is 40.4 Å². The summed E-state index contributed by atoms with van der Waals surface area (Å²) in [5, 5.41) is 3.12. The third kappa shape index (κ3) is 2.75. The number of fused-ring (bicyclic) bond motifs is 1. The molecule has 1 aromatic carbocycles. The van der Waals surface area contributed by atoms with Crippen molar-refractivity contribution in [3.8, 4) is 0 Å². The summed E-state index contributed by atoms with van der Waals surface area (Å²) in [5.74, 6) is -0.0690. The van der Waals surface area contributed by atoms with Gasteiger partial charge in [0, 0.05) is 16.9 Å². The van der Waals surface area contributed by atoms with E-state index in [-0.39, 0.29) is 11.9 Å². The van der Waals surface area contributed by atoms with E-state index < -0.39 is 0 Å². The van der Waals surface area contributed by atoms with E-state index in [1.165, 1.54) is 11.1 Å². The lowest BCUT2D eigenvalue weighted by molar-refractivity contribution is 0.0932. The van der Waals surface area contributed by atoms with E-state index in [1.54, 1.807) is 18.5 Å². The Kier molecular flexibility index (Phi) is 3.83. The number of nitrogens with zero attached hydrogens (tertiary/aromatic N) is 1. The monoisotopic (exact) mass is 330 g/mol. The summed E-state index contributed by atoms with van der Waals surface area (Å²) >= 11 is 3.34. The Morgan fingerprint density at radius 1 is 1.30 bits per heavy atom. The van der Waals surface area contributed by atoms with Gasteiger partial charge in [0.25, 0.3) is 5.91 Å². The molecular weight excluding hydrogens is 316 g/mol. The fourth-order valence-electron chi connectivity index (χ4n) is 2.68. The number of aromatic nitrogens is 1. The summed E-state index contributed by atoms with van der Waals surface area (Å²) in [7, 11) is 0. The molecule has 102 valence electrons. The molecule has 3 nitrogen and oxygen atoms in total. The van der Waals surface area contributed by atoms with Gasteiger partial charge in [-0.15, -0.1) is 0 Å². The highest BCUT2D eigenvalue weighted by atomic mass is 79.9. The third-order valence-corrected chi connectivity index (χ3v) is 4.08. The molecule has 0 saturated carbocycles. The molecule has 0 aliphatic heterocycles. The number of benzene rings is 1. The number of halogens is 1. The van der Waals surface area contributed by atoms with Gasteiger partial charge >= 0.3 is 0 Å². The van der Waals surface area contributed by atoms with Crippen LogP contribution < -0.4 is 5.32 Å². The molecule has 4 heteroatoms. The normalized spacial score (nSPS) is 17.4. The number of rotatable bonds is 2. The molecule has 0 bridgehead atoms. The number of carbonyl (C=O) groups is 1. The number of amides is 1. The number of nitrogens with one attached hydrogen (secondary N) is 1. The van der Waals surface area contributed by atoms with E-state index in [9.17, 15) is 4.79 Å². The highest BCUT2D eigenvalue weighted by molar-refractivity contribution is 9.10. The van der Waals surface area contributed by atoms with Crippen LogP contribution in [0.15, 0.2) is 47.2 Å². The van der Waals surface area contributed by atoms with E-state index in [2.05, 4.69) is 44.4 Å². The Morgan fingerprint density at radius 3 is 3.00 bits per heavy atom. The first kappa shape index (κ1) is 13.3. The molecule has 1 aromatic heterocycles. The van der Waals surface area contributed by atoms with Crippen LogP contribution in [0.2, 0.25) is 0 Å². The Hall–Kier alpha value is -1.68. The Bertz CT molecular complexity index is 642. The van der Waals surface area contributed by atoms with E-state index in [0.29, 0.717) is 5.56 Å². The minimum absolute atomic E-state index is 0.0690. The maximum Gasteiger partial charge on any atom is 0.253 e. The van der Waals surface area contributed by atoms with Crippen molar-refractivity contribution in [3.05, 3.63) is 63.9 Å². The van der Waals surface area contributed by atoms with Gasteiger partial charge in [0.1, 0.15) is 0 Å². The molecule has 1 aliphatic rings. The van der Waals surface area contributed by atoms with Crippen molar-refractivity contribution >= 4 is 21.8 Å². The van der Waals surface area contributed by atoms with Gasteiger partial charge in [-0.25, -0.2) is 0 Å². The molecule has 1 amide bonds. The minimum atomic E-state index is -0.0690. The van der Waals surface area contributed by atoms with Crippen molar-refractivity contribution in [3.63, 3.8) is 0 Å². The van der Waals surface area contributed by atoms with Gasteiger partial charge in [-0.3, -0.25) is 9.78 Å². The van der Waals surface area contributed by atoms with E-state index in [4.69, 9.17) is 0 Å². The number of pyridine rings is 1. The van der Waals surface area contributed by atoms with Crippen molar-refractivity contribution in [1.82, 2.24) is 10.3 Å². The van der Waals surface area contributed by atoms with Gasteiger partial charge < -0.3 is 5.32 Å². The smallest absolute Gasteiger partial charge is 0.253 e. The molecule has 0 unspecified atom stereocenters. The van der Waals surface area contributed by atoms with Crippen LogP contribution in [-0.4, -0.2) is 10.9 Å². The number of aryl methyl sites for hydroxylation is 1. The molecule has 1 heterocycles. The van der Waals surface area contributed by atoms with Crippen molar-refractivity contribution in [1.29, 1.82) is 0 Å². The van der Waals surface area contributed by atoms with Crippen LogP contribution >= 0.6 is 15.9 Å². The van der Waals surface area contributed by atoms with Gasteiger partial charge in [-0.2, -0.15) is 0 Å². The second-order valence-electron chi connectivity index (χ2n) is 5.01. The standard InChI is InChI=1S/C16H15BrN2O/c17-13-8-12(9-18-10-13)16(20)19-15-7-3-5-11-4-1-2-6-14(11)15/h1-2,4,6,8-10,15H,3,5,7H2,(H,19,20)/t15-/m1/s1. The van der Waals surface area contributed by atoms with Gasteiger partial charge in [0.05, 0.1) is 11.6 Å². The highest BCUT2D eigenvalue weighted by Crippen LogP contribution is 2.29. The zero-order valence-electron chi connectivity index (χ0n) is 11.0. The van der Waals surface area contributed by atoms with Crippen LogP contribution in [0.25, 0.3) is 0 Å². The van der Waals surface area contributed by atoms with Crippen LogP contribution in [0.5, 0.6) is 0 Å². The van der Waals surface area contributed by atoms with E-state index in [0.717, 1.165) is 23.7 Å². The van der Waals surface area contributed by atoms with Crippen molar-refractivity contribution < 1.29 is 4.79 Å². The fraction of sp³-hybridized carbons (Fsp3) is 0.250. The summed E-state index contributed by atoms with van der Waals surface area (Å²) in [5.41, 5.74) is 3.17. The maximum absolute atomic E-state index is 12.3. The predicted octanol–water partition coefficient (Wildman–Crippen LogP) is 3.65. The largest absolute Gasteiger partial charge is 0.345 e. The lowest BCUT2D eigenvalue weighted by Gasteiger charge is -2.26. The highest BCUT2D eigenvalue weighted by Gasteiger charge is 2.21. The molecule has 0 radical (unpaired) electrons. The van der Waals surface area contributed by atoms with Crippen molar-refractivity contribution in [2.45, 2.75) is 25.3 Å². The molecule has 1 aliphatic carbocycles. The summed E-state index contributed by atoms with van der Waals surface area (Å²) in [4.78, 5) is 16.3. The molecule has 0 saturated heterocycles. The summed E-state index contributed by atoms with van der Waals surface area (Å²) in [6.07, 6.45) is 6.46. The summed E-state index contributed by atoms with van der Waals surface area (Å²) in [6.45, 7) is 0. The number of hydrogen-bond donors (Lipinski definition) is 1. The van der Waals surface area contributed by atoms with Crippen LogP contribution in [0.4, 0.5) is 0 Å². The third-order valence-electron chi connectivity index (χ3n) is 3.64. The van der Waals surface area contributed by atoms with Crippen molar-refractivity contribution in [2.24, 2.45) is 0 Å². The molecule has 20 heavy (non-hydrogen) atoms. The molecule has 1 N–H and O–H groups in total. The Morgan fingerprint density at radius 2 is 2.15 bits per heavy atom. The average Bonchev–Trinajstić information content (AvgIpc) is 2.47. The average molecular weight is 331 g/mol. The molecule has 3 rings (SSSR count). The second-order valence-corrected chi connectivity index (χ2v) is 5.92. The molecule has 0 spiro atoms. The van der Waals surface area contributed by atoms with Gasteiger partial charge in [-0.05, 0) is 52.4 Å². The zero-order chi connectivity index (χ0) is 13.9. The zero-order valence-corrected chi connectivity index (χ0v) is 12.6. The first-order chi connectivity index (χ1) is 9.74. The SMILES string of the molecule is O=C(N[C@@H]1CCCc2ccccc21)c1cncc(Br)c1. The van der Waals surface area contributed by atoms with E-state index >= 15 is 0 Å². The maximum atomic E-state index is 12.3. The van der Waals surface area contributed by atoms with Crippen molar-refractivity contribution in [2.75, 3.05) is 0 Å². The van der Waals surface area contributed by atoms with Crippen LogP contribution in [-0.2, 0) is 6.42 Å². The summed E-state index contributed by atoms with van der Waals surface area (Å²) < 4.78 is 0.814. The Labute approximate surface area is 126 Å². The second kappa shape index (κ2) is 5.75. The topological polar surface area (TPSA) is 42.0 Å². The Balaban J connectivity index is 1.81. The first-order valence-corrected chi connectivity index (χ1v) is 7.52. The lowest BCUT2D eigenvalue weighted by Crippen LogP contribution is -2.31. The first-order valence-electron chi connectivity index (χ1n) is 6.73.